The minimum Gasteiger partial charge on any atom is -0.0804 e. The molecule has 1 unspecified atom stereocenters. The van der Waals surface area contributed by atoms with Gasteiger partial charge in [-0.05, 0) is 17.5 Å². The molecule has 0 amide bonds. The predicted octanol–water partition coefficient (Wildman–Crippen LogP) is 3.30. The molecule has 0 N–H and O–H groups in total. The third-order valence-electron chi connectivity index (χ3n) is 2.45. The van der Waals surface area contributed by atoms with E-state index in [0.717, 1.165) is 0 Å². The van der Waals surface area contributed by atoms with Gasteiger partial charge in [0, 0.05) is 12.3 Å². The summed E-state index contributed by atoms with van der Waals surface area (Å²) in [5.41, 5.74) is 2.86. The molecular formula is C12H13. The van der Waals surface area contributed by atoms with Gasteiger partial charge in [0.15, 0.2) is 0 Å². The highest BCUT2D eigenvalue weighted by Gasteiger charge is 2.12. The molecule has 1 atom stereocenters. The van der Waals surface area contributed by atoms with E-state index in [4.69, 9.17) is 0 Å². The summed E-state index contributed by atoms with van der Waals surface area (Å²) in [7, 11) is 0. The van der Waals surface area contributed by atoms with Crippen LogP contribution in [0.2, 0.25) is 0 Å². The summed E-state index contributed by atoms with van der Waals surface area (Å²) in [6, 6.07) is 8.63. The maximum Gasteiger partial charge on any atom is 0.0125 e. The smallest absolute Gasteiger partial charge is 0.0125 e. The summed E-state index contributed by atoms with van der Waals surface area (Å²) in [5, 5.41) is 0. The maximum absolute atomic E-state index is 2.28. The van der Waals surface area contributed by atoms with Gasteiger partial charge in [-0.2, -0.15) is 0 Å². The van der Waals surface area contributed by atoms with Crippen LogP contribution in [0, 0.1) is 6.42 Å². The Kier molecular flexibility index (Phi) is 1.99. The lowest BCUT2D eigenvalue weighted by molar-refractivity contribution is 0.792. The SMILES string of the molecule is CCC1C=C[CH]c2ccccc21. The molecule has 0 heteroatoms. The number of hydrogen-bond donors (Lipinski definition) is 0. The minimum atomic E-state index is 0.631. The summed E-state index contributed by atoms with van der Waals surface area (Å²) >= 11 is 0. The second kappa shape index (κ2) is 3.14. The molecule has 0 spiro atoms. The zero-order valence-electron chi connectivity index (χ0n) is 7.33. The van der Waals surface area contributed by atoms with Crippen LogP contribution in [0.4, 0.5) is 0 Å². The number of hydrogen-bond acceptors (Lipinski definition) is 0. The average molecular weight is 157 g/mol. The third-order valence-corrected chi connectivity index (χ3v) is 2.45. The van der Waals surface area contributed by atoms with Gasteiger partial charge < -0.3 is 0 Å². The van der Waals surface area contributed by atoms with Crippen molar-refractivity contribution in [2.45, 2.75) is 19.3 Å². The lowest BCUT2D eigenvalue weighted by Gasteiger charge is -2.18. The van der Waals surface area contributed by atoms with Crippen molar-refractivity contribution in [2.24, 2.45) is 0 Å². The van der Waals surface area contributed by atoms with Crippen molar-refractivity contribution in [3.63, 3.8) is 0 Å². The molecular weight excluding hydrogens is 144 g/mol. The van der Waals surface area contributed by atoms with Crippen LogP contribution in [0.5, 0.6) is 0 Å². The molecule has 0 nitrogen and oxygen atoms in total. The number of allylic oxidation sites excluding steroid dienone is 2. The van der Waals surface area contributed by atoms with Crippen molar-refractivity contribution in [3.05, 3.63) is 54.0 Å². The van der Waals surface area contributed by atoms with Crippen LogP contribution in [-0.2, 0) is 0 Å². The molecule has 0 heterocycles. The van der Waals surface area contributed by atoms with Gasteiger partial charge >= 0.3 is 0 Å². The summed E-state index contributed by atoms with van der Waals surface area (Å²) in [4.78, 5) is 0. The van der Waals surface area contributed by atoms with Crippen LogP contribution in [0.3, 0.4) is 0 Å². The Bertz CT molecular complexity index is 297. The standard InChI is InChI=1S/C12H13/c1-2-10-7-5-8-11-6-3-4-9-12(10)11/h3-10H,2H2,1H3. The molecule has 0 fully saturated rings. The fourth-order valence-electron chi connectivity index (χ4n) is 1.75. The second-order valence-corrected chi connectivity index (χ2v) is 3.20. The zero-order valence-corrected chi connectivity index (χ0v) is 7.33. The van der Waals surface area contributed by atoms with Gasteiger partial charge in [0.2, 0.25) is 0 Å². The van der Waals surface area contributed by atoms with Crippen molar-refractivity contribution < 1.29 is 0 Å². The van der Waals surface area contributed by atoms with Crippen LogP contribution in [0.15, 0.2) is 36.4 Å². The first-order valence-electron chi connectivity index (χ1n) is 4.52. The quantitative estimate of drug-likeness (QED) is 0.586. The Morgan fingerprint density at radius 1 is 1.25 bits per heavy atom. The van der Waals surface area contributed by atoms with Crippen molar-refractivity contribution in [1.29, 1.82) is 0 Å². The summed E-state index contributed by atoms with van der Waals surface area (Å²) in [5.74, 6) is 0.631. The highest BCUT2D eigenvalue weighted by molar-refractivity contribution is 5.44. The predicted molar refractivity (Wildman–Crippen MR) is 52.0 cm³/mol. The van der Waals surface area contributed by atoms with Crippen LogP contribution in [0.1, 0.15) is 30.4 Å². The molecule has 0 saturated carbocycles. The molecule has 1 aliphatic carbocycles. The average Bonchev–Trinajstić information content (AvgIpc) is 2.17. The fourth-order valence-corrected chi connectivity index (χ4v) is 1.75. The van der Waals surface area contributed by atoms with E-state index in [1.54, 1.807) is 0 Å². The van der Waals surface area contributed by atoms with Crippen LogP contribution in [-0.4, -0.2) is 0 Å². The summed E-state index contributed by atoms with van der Waals surface area (Å²) < 4.78 is 0. The fraction of sp³-hybridized carbons (Fsp3) is 0.250. The van der Waals surface area contributed by atoms with Crippen molar-refractivity contribution >= 4 is 0 Å². The summed E-state index contributed by atoms with van der Waals surface area (Å²) in [6.07, 6.45) is 7.82. The van der Waals surface area contributed by atoms with Crippen molar-refractivity contribution in [3.8, 4) is 0 Å². The number of benzene rings is 1. The first-order chi connectivity index (χ1) is 5.92. The topological polar surface area (TPSA) is 0 Å². The first kappa shape index (κ1) is 7.60. The van der Waals surface area contributed by atoms with E-state index in [0.29, 0.717) is 5.92 Å². The minimum absolute atomic E-state index is 0.631. The summed E-state index contributed by atoms with van der Waals surface area (Å²) in [6.45, 7) is 2.23. The zero-order chi connectivity index (χ0) is 8.39. The molecule has 0 aliphatic heterocycles. The Hall–Kier alpha value is -1.04. The first-order valence-corrected chi connectivity index (χ1v) is 4.52. The van der Waals surface area contributed by atoms with E-state index in [2.05, 4.69) is 49.8 Å². The molecule has 0 aromatic heterocycles. The Balaban J connectivity index is 2.43. The van der Waals surface area contributed by atoms with Gasteiger partial charge in [-0.1, -0.05) is 43.3 Å². The maximum atomic E-state index is 2.28. The largest absolute Gasteiger partial charge is 0.0804 e. The van der Waals surface area contributed by atoms with Crippen LogP contribution >= 0.6 is 0 Å². The van der Waals surface area contributed by atoms with Crippen LogP contribution in [0.25, 0.3) is 0 Å². The molecule has 1 aromatic rings. The molecule has 12 heavy (non-hydrogen) atoms. The van der Waals surface area contributed by atoms with Crippen molar-refractivity contribution in [1.82, 2.24) is 0 Å². The second-order valence-electron chi connectivity index (χ2n) is 3.20. The lowest BCUT2D eigenvalue weighted by atomic mass is 9.86. The van der Waals surface area contributed by atoms with Crippen molar-refractivity contribution in [2.75, 3.05) is 0 Å². The molecule has 1 aromatic carbocycles. The Labute approximate surface area is 73.9 Å². The molecule has 0 bridgehead atoms. The molecule has 1 aliphatic rings. The van der Waals surface area contributed by atoms with Gasteiger partial charge in [-0.3, -0.25) is 0 Å². The molecule has 0 saturated heterocycles. The lowest BCUT2D eigenvalue weighted by Crippen LogP contribution is -2.01. The molecule has 1 radical (unpaired) electrons. The Morgan fingerprint density at radius 2 is 2.08 bits per heavy atom. The van der Waals surface area contributed by atoms with Gasteiger partial charge in [0.05, 0.1) is 0 Å². The van der Waals surface area contributed by atoms with E-state index in [-0.39, 0.29) is 0 Å². The highest BCUT2D eigenvalue weighted by Crippen LogP contribution is 2.29. The van der Waals surface area contributed by atoms with E-state index in [1.165, 1.54) is 17.5 Å². The van der Waals surface area contributed by atoms with E-state index < -0.39 is 0 Å². The van der Waals surface area contributed by atoms with Gasteiger partial charge in [-0.25, -0.2) is 0 Å². The number of rotatable bonds is 1. The number of fused-ring (bicyclic) bond motifs is 1. The van der Waals surface area contributed by atoms with Gasteiger partial charge in [-0.15, -0.1) is 0 Å². The van der Waals surface area contributed by atoms with E-state index in [9.17, 15) is 0 Å². The normalized spacial score (nSPS) is 20.6. The highest BCUT2D eigenvalue weighted by atomic mass is 14.2. The monoisotopic (exact) mass is 157 g/mol. The van der Waals surface area contributed by atoms with Gasteiger partial charge in [0.1, 0.15) is 0 Å². The third kappa shape index (κ3) is 1.18. The van der Waals surface area contributed by atoms with E-state index in [1.807, 2.05) is 0 Å². The molecule has 2 rings (SSSR count). The van der Waals surface area contributed by atoms with Crippen LogP contribution < -0.4 is 0 Å². The Morgan fingerprint density at radius 3 is 2.92 bits per heavy atom. The molecule has 61 valence electrons. The van der Waals surface area contributed by atoms with E-state index >= 15 is 0 Å². The van der Waals surface area contributed by atoms with Gasteiger partial charge in [0.25, 0.3) is 0 Å².